The van der Waals surface area contributed by atoms with Crippen molar-refractivity contribution in [3.8, 4) is 11.1 Å². The quantitative estimate of drug-likeness (QED) is 0.491. The molecule has 3 aromatic carbocycles. The van der Waals surface area contributed by atoms with Gasteiger partial charge in [0.1, 0.15) is 0 Å². The zero-order chi connectivity index (χ0) is 15.4. The summed E-state index contributed by atoms with van der Waals surface area (Å²) in [4.78, 5) is 0. The molecule has 0 spiro atoms. The van der Waals surface area contributed by atoms with Crippen LogP contribution in [-0.2, 0) is 19.3 Å². The van der Waals surface area contributed by atoms with Gasteiger partial charge in [-0.1, -0.05) is 67.6 Å². The van der Waals surface area contributed by atoms with Crippen LogP contribution in [0.15, 0.2) is 54.6 Å². The van der Waals surface area contributed by atoms with Crippen LogP contribution in [0.1, 0.15) is 29.2 Å². The van der Waals surface area contributed by atoms with E-state index in [-0.39, 0.29) is 0 Å². The molecular formula is C23H20. The van der Waals surface area contributed by atoms with E-state index >= 15 is 0 Å². The summed E-state index contributed by atoms with van der Waals surface area (Å²) in [7, 11) is 0. The number of aryl methyl sites for hydroxylation is 2. The highest BCUT2D eigenvalue weighted by atomic mass is 14.3. The molecule has 2 aliphatic rings. The maximum atomic E-state index is 2.38. The number of hydrogen-bond donors (Lipinski definition) is 0. The van der Waals surface area contributed by atoms with Crippen molar-refractivity contribution in [1.29, 1.82) is 0 Å². The molecule has 112 valence electrons. The zero-order valence-electron chi connectivity index (χ0n) is 13.5. The van der Waals surface area contributed by atoms with Crippen molar-refractivity contribution in [2.75, 3.05) is 0 Å². The van der Waals surface area contributed by atoms with Gasteiger partial charge in [-0.15, -0.1) is 0 Å². The van der Waals surface area contributed by atoms with Crippen molar-refractivity contribution in [2.45, 2.75) is 26.2 Å². The molecule has 3 aromatic rings. The third-order valence-electron chi connectivity index (χ3n) is 5.48. The molecule has 0 nitrogen and oxygen atoms in total. The molecule has 1 atom stereocenters. The van der Waals surface area contributed by atoms with E-state index in [2.05, 4.69) is 67.6 Å². The molecule has 0 saturated heterocycles. The molecule has 0 aliphatic heterocycles. The van der Waals surface area contributed by atoms with Crippen molar-refractivity contribution >= 4 is 16.8 Å². The lowest BCUT2D eigenvalue weighted by Gasteiger charge is -2.27. The predicted octanol–water partition coefficient (Wildman–Crippen LogP) is 5.81. The molecule has 1 unspecified atom stereocenters. The highest BCUT2D eigenvalue weighted by Crippen LogP contribution is 2.43. The Morgan fingerprint density at radius 1 is 0.783 bits per heavy atom. The van der Waals surface area contributed by atoms with Crippen LogP contribution in [0.5, 0.6) is 0 Å². The number of fused-ring (bicyclic) bond motifs is 7. The number of benzene rings is 3. The zero-order valence-corrected chi connectivity index (χ0v) is 13.5. The standard InChI is InChI=1S/C23H20/c1-15-6-13-21-19(14-15)12-11-18-10-9-17-8-7-16-4-2-3-5-20(16)22(17)23(18)21/h2-8,11-13,15H,9-10,14H2,1H3. The molecule has 0 radical (unpaired) electrons. The Bertz CT molecular complexity index is 959. The molecule has 2 aliphatic carbocycles. The first-order valence-electron chi connectivity index (χ1n) is 8.65. The summed E-state index contributed by atoms with van der Waals surface area (Å²) in [6.45, 7) is 2.31. The smallest absolute Gasteiger partial charge is 0.00643 e. The van der Waals surface area contributed by atoms with Gasteiger partial charge in [-0.25, -0.2) is 0 Å². The molecule has 0 amide bonds. The van der Waals surface area contributed by atoms with Gasteiger partial charge in [0.05, 0.1) is 0 Å². The van der Waals surface area contributed by atoms with E-state index in [1.807, 2.05) is 0 Å². The summed E-state index contributed by atoms with van der Waals surface area (Å²) in [6.07, 6.45) is 8.24. The Kier molecular flexibility index (Phi) is 2.76. The number of hydrogen-bond acceptors (Lipinski definition) is 0. The van der Waals surface area contributed by atoms with Gasteiger partial charge in [0.25, 0.3) is 0 Å². The first-order valence-corrected chi connectivity index (χ1v) is 8.65. The van der Waals surface area contributed by atoms with Crippen LogP contribution in [0.4, 0.5) is 0 Å². The maximum Gasteiger partial charge on any atom is -0.00643 e. The van der Waals surface area contributed by atoms with Gasteiger partial charge >= 0.3 is 0 Å². The summed E-state index contributed by atoms with van der Waals surface area (Å²) in [6, 6.07) is 18.2. The van der Waals surface area contributed by atoms with Gasteiger partial charge in [0.2, 0.25) is 0 Å². The van der Waals surface area contributed by atoms with E-state index in [1.165, 1.54) is 50.6 Å². The van der Waals surface area contributed by atoms with Crippen molar-refractivity contribution in [3.05, 3.63) is 76.9 Å². The van der Waals surface area contributed by atoms with E-state index < -0.39 is 0 Å². The Balaban J connectivity index is 1.89. The number of allylic oxidation sites excluding steroid dienone is 1. The van der Waals surface area contributed by atoms with Crippen LogP contribution in [0.2, 0.25) is 0 Å². The average molecular weight is 296 g/mol. The van der Waals surface area contributed by atoms with Crippen LogP contribution in [0.3, 0.4) is 0 Å². The minimum atomic E-state index is 0.649. The summed E-state index contributed by atoms with van der Waals surface area (Å²) < 4.78 is 0. The lowest BCUT2D eigenvalue weighted by atomic mass is 9.77. The molecule has 0 heteroatoms. The SMILES string of the molecule is CC1C=Cc2c(ccc3c2-c2c(ccc4ccccc24)CC3)C1. The number of rotatable bonds is 0. The molecule has 0 fully saturated rings. The van der Waals surface area contributed by atoms with Crippen molar-refractivity contribution in [1.82, 2.24) is 0 Å². The monoisotopic (exact) mass is 296 g/mol. The van der Waals surface area contributed by atoms with Crippen LogP contribution in [0.25, 0.3) is 28.0 Å². The Morgan fingerprint density at radius 3 is 2.43 bits per heavy atom. The first-order chi connectivity index (χ1) is 11.3. The minimum absolute atomic E-state index is 0.649. The van der Waals surface area contributed by atoms with E-state index in [4.69, 9.17) is 0 Å². The van der Waals surface area contributed by atoms with Crippen molar-refractivity contribution in [3.63, 3.8) is 0 Å². The van der Waals surface area contributed by atoms with Gasteiger partial charge in [-0.3, -0.25) is 0 Å². The second kappa shape index (κ2) is 4.83. The average Bonchev–Trinajstić information content (AvgIpc) is 2.60. The van der Waals surface area contributed by atoms with E-state index in [0.717, 1.165) is 12.8 Å². The summed E-state index contributed by atoms with van der Waals surface area (Å²) >= 11 is 0. The molecular weight excluding hydrogens is 276 g/mol. The van der Waals surface area contributed by atoms with Gasteiger partial charge in [-0.05, 0) is 69.3 Å². The predicted molar refractivity (Wildman–Crippen MR) is 98.7 cm³/mol. The Labute approximate surface area is 137 Å². The lowest BCUT2D eigenvalue weighted by Crippen LogP contribution is -2.11. The molecule has 0 N–H and O–H groups in total. The fourth-order valence-corrected chi connectivity index (χ4v) is 4.34. The van der Waals surface area contributed by atoms with Crippen LogP contribution in [-0.4, -0.2) is 0 Å². The maximum absolute atomic E-state index is 2.38. The van der Waals surface area contributed by atoms with Gasteiger partial charge in [-0.2, -0.15) is 0 Å². The summed E-state index contributed by atoms with van der Waals surface area (Å²) in [5, 5.41) is 2.76. The summed E-state index contributed by atoms with van der Waals surface area (Å²) in [5.41, 5.74) is 9.00. The minimum Gasteiger partial charge on any atom is -0.0807 e. The molecule has 5 rings (SSSR count). The molecule has 0 bridgehead atoms. The molecule has 23 heavy (non-hydrogen) atoms. The van der Waals surface area contributed by atoms with Crippen LogP contribution in [0, 0.1) is 5.92 Å². The molecule has 0 aromatic heterocycles. The van der Waals surface area contributed by atoms with Crippen LogP contribution < -0.4 is 0 Å². The summed E-state index contributed by atoms with van der Waals surface area (Å²) in [5.74, 6) is 0.649. The van der Waals surface area contributed by atoms with Gasteiger partial charge in [0.15, 0.2) is 0 Å². The fraction of sp³-hybridized carbons (Fsp3) is 0.217. The van der Waals surface area contributed by atoms with E-state index in [9.17, 15) is 0 Å². The second-order valence-corrected chi connectivity index (χ2v) is 7.03. The third-order valence-corrected chi connectivity index (χ3v) is 5.48. The largest absolute Gasteiger partial charge is 0.0807 e. The first kappa shape index (κ1) is 13.1. The van der Waals surface area contributed by atoms with E-state index in [1.54, 1.807) is 0 Å². The normalized spacial score (nSPS) is 18.4. The highest BCUT2D eigenvalue weighted by molar-refractivity contribution is 6.02. The molecule has 0 saturated carbocycles. The third kappa shape index (κ3) is 1.91. The van der Waals surface area contributed by atoms with Gasteiger partial charge in [0, 0.05) is 0 Å². The Hall–Kier alpha value is -2.34. The van der Waals surface area contributed by atoms with Crippen molar-refractivity contribution in [2.24, 2.45) is 5.92 Å². The topological polar surface area (TPSA) is 0 Å². The molecule has 0 heterocycles. The lowest BCUT2D eigenvalue weighted by molar-refractivity contribution is 0.716. The van der Waals surface area contributed by atoms with Crippen LogP contribution >= 0.6 is 0 Å². The Morgan fingerprint density at radius 2 is 1.52 bits per heavy atom. The fourth-order valence-electron chi connectivity index (χ4n) is 4.34. The van der Waals surface area contributed by atoms with Gasteiger partial charge < -0.3 is 0 Å². The second-order valence-electron chi connectivity index (χ2n) is 7.03. The van der Waals surface area contributed by atoms with E-state index in [0.29, 0.717) is 5.92 Å². The highest BCUT2D eigenvalue weighted by Gasteiger charge is 2.23. The van der Waals surface area contributed by atoms with Crippen molar-refractivity contribution < 1.29 is 0 Å².